The molecule has 2 aromatic rings. The smallest absolute Gasteiger partial charge is 0.416 e. The van der Waals surface area contributed by atoms with Gasteiger partial charge in [0.25, 0.3) is 0 Å². The summed E-state index contributed by atoms with van der Waals surface area (Å²) in [4.78, 5) is 0. The van der Waals surface area contributed by atoms with Gasteiger partial charge in [-0.05, 0) is 37.3 Å². The predicted octanol–water partition coefficient (Wildman–Crippen LogP) is 4.34. The number of nitrogens with zero attached hydrogens (tertiary/aromatic N) is 1. The molecule has 1 heterocycles. The summed E-state index contributed by atoms with van der Waals surface area (Å²) in [5, 5.41) is 11.9. The second-order valence-electron chi connectivity index (χ2n) is 4.25. The Hall–Kier alpha value is -2.42. The number of benzene rings is 1. The largest absolute Gasteiger partial charge is 0.467 e. The van der Waals surface area contributed by atoms with Gasteiger partial charge in [-0.25, -0.2) is 0 Å². The number of furan rings is 1. The molecule has 20 heavy (non-hydrogen) atoms. The Bertz CT molecular complexity index is 627. The van der Waals surface area contributed by atoms with Gasteiger partial charge < -0.3 is 9.73 Å². The van der Waals surface area contributed by atoms with E-state index in [2.05, 4.69) is 5.32 Å². The van der Waals surface area contributed by atoms with Gasteiger partial charge in [-0.15, -0.1) is 0 Å². The average molecular weight is 280 g/mol. The Morgan fingerprint density at radius 1 is 1.30 bits per heavy atom. The fraction of sp³-hybridized carbons (Fsp3) is 0.214. The van der Waals surface area contributed by atoms with E-state index in [1.165, 1.54) is 12.3 Å². The summed E-state index contributed by atoms with van der Waals surface area (Å²) in [7, 11) is 0. The lowest BCUT2D eigenvalue weighted by Gasteiger charge is -2.15. The summed E-state index contributed by atoms with van der Waals surface area (Å²) >= 11 is 0. The normalized spacial score (nSPS) is 12.8. The van der Waals surface area contributed by atoms with Gasteiger partial charge in [-0.2, -0.15) is 18.4 Å². The van der Waals surface area contributed by atoms with Gasteiger partial charge in [0.15, 0.2) is 0 Å². The first kappa shape index (κ1) is 14.0. The Kier molecular flexibility index (Phi) is 3.70. The van der Waals surface area contributed by atoms with E-state index in [0.29, 0.717) is 11.4 Å². The van der Waals surface area contributed by atoms with Crippen LogP contribution in [0, 0.1) is 11.3 Å². The van der Waals surface area contributed by atoms with Crippen LogP contribution in [0.15, 0.2) is 41.0 Å². The van der Waals surface area contributed by atoms with E-state index in [1.54, 1.807) is 25.1 Å². The maximum atomic E-state index is 12.6. The van der Waals surface area contributed by atoms with Gasteiger partial charge in [0.1, 0.15) is 11.8 Å². The number of hydrogen-bond donors (Lipinski definition) is 1. The van der Waals surface area contributed by atoms with Crippen LogP contribution in [0.1, 0.15) is 29.9 Å². The minimum absolute atomic E-state index is 0.0572. The Morgan fingerprint density at radius 3 is 2.60 bits per heavy atom. The van der Waals surface area contributed by atoms with Gasteiger partial charge in [-0.1, -0.05) is 0 Å². The average Bonchev–Trinajstić information content (AvgIpc) is 2.91. The zero-order chi connectivity index (χ0) is 14.8. The van der Waals surface area contributed by atoms with Crippen molar-refractivity contribution in [3.63, 3.8) is 0 Å². The molecule has 6 heteroatoms. The molecule has 1 aromatic heterocycles. The van der Waals surface area contributed by atoms with Crippen LogP contribution < -0.4 is 5.32 Å². The molecule has 1 aromatic carbocycles. The molecule has 104 valence electrons. The lowest BCUT2D eigenvalue weighted by Crippen LogP contribution is -2.09. The molecule has 3 nitrogen and oxygen atoms in total. The molecule has 0 fully saturated rings. The third-order valence-electron chi connectivity index (χ3n) is 2.81. The lowest BCUT2D eigenvalue weighted by atomic mass is 10.1. The van der Waals surface area contributed by atoms with Gasteiger partial charge in [0.2, 0.25) is 0 Å². The third kappa shape index (κ3) is 2.94. The molecule has 0 radical (unpaired) electrons. The van der Waals surface area contributed by atoms with E-state index >= 15 is 0 Å². The van der Waals surface area contributed by atoms with Crippen molar-refractivity contribution in [3.8, 4) is 6.07 Å². The molecule has 1 N–H and O–H groups in total. The summed E-state index contributed by atoms with van der Waals surface area (Å²) < 4.78 is 42.9. The maximum Gasteiger partial charge on any atom is 0.416 e. The van der Waals surface area contributed by atoms with Gasteiger partial charge in [0.05, 0.1) is 29.1 Å². The first-order chi connectivity index (χ1) is 9.41. The van der Waals surface area contributed by atoms with Gasteiger partial charge in [0, 0.05) is 0 Å². The van der Waals surface area contributed by atoms with Crippen molar-refractivity contribution in [2.24, 2.45) is 0 Å². The number of nitriles is 1. The van der Waals surface area contributed by atoms with Crippen molar-refractivity contribution in [3.05, 3.63) is 53.5 Å². The van der Waals surface area contributed by atoms with Crippen molar-refractivity contribution in [1.29, 1.82) is 5.26 Å². The second kappa shape index (κ2) is 5.29. The molecule has 0 saturated heterocycles. The van der Waals surface area contributed by atoms with E-state index in [9.17, 15) is 13.2 Å². The number of alkyl halides is 3. The van der Waals surface area contributed by atoms with Crippen molar-refractivity contribution in [2.75, 3.05) is 5.32 Å². The highest BCUT2D eigenvalue weighted by atomic mass is 19.4. The molecule has 0 aliphatic carbocycles. The molecule has 0 spiro atoms. The summed E-state index contributed by atoms with van der Waals surface area (Å²) in [5.74, 6) is 0.633. The van der Waals surface area contributed by atoms with Crippen LogP contribution in [0.2, 0.25) is 0 Å². The SMILES string of the molecule is CC(Nc1ccc(C(F)(F)F)cc1C#N)c1ccco1. The van der Waals surface area contributed by atoms with E-state index in [-0.39, 0.29) is 11.6 Å². The number of rotatable bonds is 3. The van der Waals surface area contributed by atoms with Gasteiger partial charge >= 0.3 is 6.18 Å². The van der Waals surface area contributed by atoms with E-state index in [4.69, 9.17) is 9.68 Å². The number of anilines is 1. The number of halogens is 3. The Balaban J connectivity index is 2.27. The first-order valence-corrected chi connectivity index (χ1v) is 5.83. The summed E-state index contributed by atoms with van der Waals surface area (Å²) in [6.07, 6.45) is -2.96. The zero-order valence-electron chi connectivity index (χ0n) is 10.5. The molecule has 0 aliphatic heterocycles. The van der Waals surface area contributed by atoms with Crippen LogP contribution in [0.4, 0.5) is 18.9 Å². The van der Waals surface area contributed by atoms with Gasteiger partial charge in [-0.3, -0.25) is 0 Å². The molecular weight excluding hydrogens is 269 g/mol. The molecule has 0 amide bonds. The topological polar surface area (TPSA) is 49.0 Å². The molecule has 2 rings (SSSR count). The zero-order valence-corrected chi connectivity index (χ0v) is 10.5. The Labute approximate surface area is 113 Å². The van der Waals surface area contributed by atoms with Crippen LogP contribution in [0.3, 0.4) is 0 Å². The van der Waals surface area contributed by atoms with Crippen LogP contribution in [-0.2, 0) is 6.18 Å². The Morgan fingerprint density at radius 2 is 2.05 bits per heavy atom. The van der Waals surface area contributed by atoms with Crippen molar-refractivity contribution < 1.29 is 17.6 Å². The quantitative estimate of drug-likeness (QED) is 0.909. The highest BCUT2D eigenvalue weighted by molar-refractivity contribution is 5.59. The van der Waals surface area contributed by atoms with E-state index < -0.39 is 11.7 Å². The highest BCUT2D eigenvalue weighted by Crippen LogP contribution is 2.32. The standard InChI is InChI=1S/C14H11F3N2O/c1-9(13-3-2-6-20-13)19-12-5-4-11(14(15,16)17)7-10(12)8-18/h2-7,9,19H,1H3. The van der Waals surface area contributed by atoms with E-state index in [0.717, 1.165) is 12.1 Å². The lowest BCUT2D eigenvalue weighted by molar-refractivity contribution is -0.137. The van der Waals surface area contributed by atoms with Crippen LogP contribution in [-0.4, -0.2) is 0 Å². The molecule has 1 atom stereocenters. The molecule has 0 aliphatic rings. The fourth-order valence-corrected chi connectivity index (χ4v) is 1.78. The monoisotopic (exact) mass is 280 g/mol. The molecular formula is C14H11F3N2O. The highest BCUT2D eigenvalue weighted by Gasteiger charge is 2.31. The predicted molar refractivity (Wildman–Crippen MR) is 66.9 cm³/mol. The molecule has 0 saturated carbocycles. The summed E-state index contributed by atoms with van der Waals surface area (Å²) in [5.41, 5.74) is -0.562. The fourth-order valence-electron chi connectivity index (χ4n) is 1.78. The van der Waals surface area contributed by atoms with Crippen molar-refractivity contribution in [2.45, 2.75) is 19.1 Å². The molecule has 0 bridgehead atoms. The van der Waals surface area contributed by atoms with Crippen molar-refractivity contribution in [1.82, 2.24) is 0 Å². The van der Waals surface area contributed by atoms with Crippen LogP contribution >= 0.6 is 0 Å². The van der Waals surface area contributed by atoms with Crippen LogP contribution in [0.5, 0.6) is 0 Å². The maximum absolute atomic E-state index is 12.6. The third-order valence-corrected chi connectivity index (χ3v) is 2.81. The summed E-state index contributed by atoms with van der Waals surface area (Å²) in [6, 6.07) is 7.99. The van der Waals surface area contributed by atoms with E-state index in [1.807, 2.05) is 0 Å². The van der Waals surface area contributed by atoms with Crippen LogP contribution in [0.25, 0.3) is 0 Å². The second-order valence-corrected chi connectivity index (χ2v) is 4.25. The summed E-state index contributed by atoms with van der Waals surface area (Å²) in [6.45, 7) is 1.79. The number of nitrogens with one attached hydrogen (secondary N) is 1. The first-order valence-electron chi connectivity index (χ1n) is 5.83. The minimum atomic E-state index is -4.46. The number of hydrogen-bond acceptors (Lipinski definition) is 3. The minimum Gasteiger partial charge on any atom is -0.467 e. The molecule has 1 unspecified atom stereocenters. The van der Waals surface area contributed by atoms with Crippen molar-refractivity contribution >= 4 is 5.69 Å².